The van der Waals surface area contributed by atoms with Crippen molar-refractivity contribution in [2.24, 2.45) is 0 Å². The van der Waals surface area contributed by atoms with Crippen LogP contribution in [0.3, 0.4) is 0 Å². The number of aromatic nitrogens is 2. The van der Waals surface area contributed by atoms with E-state index in [1.807, 2.05) is 44.2 Å². The Bertz CT molecular complexity index is 1250. The van der Waals surface area contributed by atoms with Crippen molar-refractivity contribution >= 4 is 11.6 Å². The number of nitrogens with zero attached hydrogens (tertiary/aromatic N) is 3. The van der Waals surface area contributed by atoms with E-state index in [9.17, 15) is 4.79 Å². The molecule has 1 aliphatic rings. The Labute approximate surface area is 204 Å². The Morgan fingerprint density at radius 2 is 1.89 bits per heavy atom. The van der Waals surface area contributed by atoms with Crippen LogP contribution in [0, 0.1) is 0 Å². The first kappa shape index (κ1) is 23.9. The second-order valence-corrected chi connectivity index (χ2v) is 7.78. The summed E-state index contributed by atoms with van der Waals surface area (Å²) in [5.41, 5.74) is 2.97. The highest BCUT2D eigenvalue weighted by atomic mass is 16.5. The molecule has 0 saturated carbocycles. The number of urea groups is 1. The number of rotatable bonds is 9. The van der Waals surface area contributed by atoms with E-state index in [0.717, 1.165) is 11.3 Å². The number of nitrogens with one attached hydrogen (secondary N) is 1. The fourth-order valence-electron chi connectivity index (χ4n) is 4.01. The van der Waals surface area contributed by atoms with Gasteiger partial charge in [-0.25, -0.2) is 4.79 Å². The van der Waals surface area contributed by atoms with E-state index < -0.39 is 6.04 Å². The van der Waals surface area contributed by atoms with E-state index in [-0.39, 0.29) is 6.03 Å². The summed E-state index contributed by atoms with van der Waals surface area (Å²) in [7, 11) is 3.14. The summed E-state index contributed by atoms with van der Waals surface area (Å²) in [6, 6.07) is 12.2. The molecule has 0 spiro atoms. The van der Waals surface area contributed by atoms with Crippen molar-refractivity contribution in [3.05, 3.63) is 72.3 Å². The molecular weight excluding hydrogens is 448 g/mol. The van der Waals surface area contributed by atoms with Gasteiger partial charge < -0.3 is 24.1 Å². The zero-order valence-corrected chi connectivity index (χ0v) is 20.2. The number of hydrogen-bond acceptors (Lipinski definition) is 7. The van der Waals surface area contributed by atoms with Gasteiger partial charge in [-0.1, -0.05) is 23.4 Å². The maximum absolute atomic E-state index is 12.9. The van der Waals surface area contributed by atoms with Gasteiger partial charge in [0.05, 0.1) is 32.4 Å². The summed E-state index contributed by atoms with van der Waals surface area (Å²) in [6.45, 7) is 8.47. The third-order valence-corrected chi connectivity index (χ3v) is 5.73. The van der Waals surface area contributed by atoms with Crippen molar-refractivity contribution in [2.75, 3.05) is 27.4 Å². The SMILES string of the molecule is C=CCN1C(=O)NC(c2ccc(OCC)cc2)C(c2nc(-c3ccc(OC)c(OC)c3)no2)=C1C. The molecule has 1 unspecified atom stereocenters. The van der Waals surface area contributed by atoms with Crippen molar-refractivity contribution in [3.63, 3.8) is 0 Å². The van der Waals surface area contributed by atoms with Crippen LogP contribution in [0.25, 0.3) is 17.0 Å². The number of carbonyl (C=O) groups is 1. The van der Waals surface area contributed by atoms with Crippen LogP contribution in [0.1, 0.15) is 31.3 Å². The summed E-state index contributed by atoms with van der Waals surface area (Å²) in [5.74, 6) is 2.60. The molecule has 0 radical (unpaired) electrons. The second kappa shape index (κ2) is 10.3. The van der Waals surface area contributed by atoms with Crippen LogP contribution in [0.5, 0.6) is 17.2 Å². The maximum Gasteiger partial charge on any atom is 0.322 e. The van der Waals surface area contributed by atoms with Gasteiger partial charge in [-0.15, -0.1) is 6.58 Å². The van der Waals surface area contributed by atoms with Crippen molar-refractivity contribution in [3.8, 4) is 28.6 Å². The Hall–Kier alpha value is -4.27. The molecule has 9 heteroatoms. The number of methoxy groups -OCH3 is 2. The minimum atomic E-state index is -0.488. The molecule has 3 aromatic rings. The Morgan fingerprint density at radius 1 is 1.14 bits per heavy atom. The number of allylic oxidation sites excluding steroid dienone is 1. The highest BCUT2D eigenvalue weighted by Crippen LogP contribution is 2.38. The monoisotopic (exact) mass is 476 g/mol. The number of benzene rings is 2. The number of ether oxygens (including phenoxy) is 3. The molecule has 4 rings (SSSR count). The number of hydrogen-bond donors (Lipinski definition) is 1. The first-order valence-electron chi connectivity index (χ1n) is 11.2. The second-order valence-electron chi connectivity index (χ2n) is 7.78. The van der Waals surface area contributed by atoms with Crippen LogP contribution >= 0.6 is 0 Å². The van der Waals surface area contributed by atoms with Gasteiger partial charge >= 0.3 is 6.03 Å². The molecule has 9 nitrogen and oxygen atoms in total. The van der Waals surface area contributed by atoms with Crippen molar-refractivity contribution < 1.29 is 23.5 Å². The molecule has 0 aliphatic carbocycles. The first-order chi connectivity index (χ1) is 17.0. The van der Waals surface area contributed by atoms with E-state index in [1.165, 1.54) is 0 Å². The lowest BCUT2D eigenvalue weighted by atomic mass is 9.94. The summed E-state index contributed by atoms with van der Waals surface area (Å²) in [4.78, 5) is 19.2. The summed E-state index contributed by atoms with van der Waals surface area (Å²) < 4.78 is 22.0. The minimum absolute atomic E-state index is 0.232. The highest BCUT2D eigenvalue weighted by Gasteiger charge is 2.35. The average molecular weight is 477 g/mol. The third kappa shape index (κ3) is 4.70. The lowest BCUT2D eigenvalue weighted by Crippen LogP contribution is -2.46. The van der Waals surface area contributed by atoms with E-state index in [0.29, 0.717) is 53.2 Å². The summed E-state index contributed by atoms with van der Waals surface area (Å²) >= 11 is 0. The molecule has 0 bridgehead atoms. The van der Waals surface area contributed by atoms with Crippen LogP contribution in [-0.4, -0.2) is 48.4 Å². The maximum atomic E-state index is 12.9. The van der Waals surface area contributed by atoms with Crippen LogP contribution in [0.2, 0.25) is 0 Å². The molecule has 1 aliphatic heterocycles. The molecule has 1 aromatic heterocycles. The van der Waals surface area contributed by atoms with Crippen LogP contribution < -0.4 is 19.5 Å². The van der Waals surface area contributed by atoms with Crippen molar-refractivity contribution in [1.82, 2.24) is 20.4 Å². The minimum Gasteiger partial charge on any atom is -0.494 e. The quantitative estimate of drug-likeness (QED) is 0.441. The van der Waals surface area contributed by atoms with E-state index in [2.05, 4.69) is 22.0 Å². The first-order valence-corrected chi connectivity index (χ1v) is 11.2. The predicted octanol–water partition coefficient (Wildman–Crippen LogP) is 4.84. The third-order valence-electron chi connectivity index (χ3n) is 5.73. The van der Waals surface area contributed by atoms with E-state index in [4.69, 9.17) is 18.7 Å². The van der Waals surface area contributed by atoms with E-state index in [1.54, 1.807) is 37.3 Å². The lowest BCUT2D eigenvalue weighted by Gasteiger charge is -2.34. The normalized spacial score (nSPS) is 15.6. The molecule has 1 N–H and O–H groups in total. The van der Waals surface area contributed by atoms with Gasteiger partial charge in [0, 0.05) is 17.8 Å². The summed E-state index contributed by atoms with van der Waals surface area (Å²) in [5, 5.41) is 7.25. The lowest BCUT2D eigenvalue weighted by molar-refractivity contribution is 0.209. The molecule has 0 fully saturated rings. The van der Waals surface area contributed by atoms with Crippen LogP contribution in [0.4, 0.5) is 4.79 Å². The zero-order chi connectivity index (χ0) is 24.9. The largest absolute Gasteiger partial charge is 0.494 e. The van der Waals surface area contributed by atoms with Crippen molar-refractivity contribution in [1.29, 1.82) is 0 Å². The Balaban J connectivity index is 1.77. The molecule has 2 amide bonds. The van der Waals surface area contributed by atoms with Crippen molar-refractivity contribution in [2.45, 2.75) is 19.9 Å². The van der Waals surface area contributed by atoms with E-state index >= 15 is 0 Å². The topological polar surface area (TPSA) is 99.0 Å². The predicted molar refractivity (Wildman–Crippen MR) is 131 cm³/mol. The fraction of sp³-hybridized carbons (Fsp3) is 0.269. The zero-order valence-electron chi connectivity index (χ0n) is 20.2. The van der Waals surface area contributed by atoms with Gasteiger partial charge in [0.2, 0.25) is 5.82 Å². The average Bonchev–Trinajstić information content (AvgIpc) is 3.36. The van der Waals surface area contributed by atoms with Gasteiger partial charge in [-0.3, -0.25) is 4.90 Å². The molecule has 2 heterocycles. The Morgan fingerprint density at radius 3 is 2.54 bits per heavy atom. The van der Waals surface area contributed by atoms with Gasteiger partial charge in [-0.2, -0.15) is 4.98 Å². The van der Waals surface area contributed by atoms with Crippen LogP contribution in [0.15, 0.2) is 65.3 Å². The molecule has 0 saturated heterocycles. The standard InChI is InChI=1S/C26H28N4O5/c1-6-14-30-16(3)22(23(27-26(30)31)17-8-11-19(12-9-17)34-7-2)25-28-24(29-35-25)18-10-13-20(32-4)21(15-18)33-5/h6,8-13,15,23H,1,7,14H2,2-5H3,(H,27,31). The van der Waals surface area contributed by atoms with Gasteiger partial charge in [-0.05, 0) is 49.7 Å². The molecule has 35 heavy (non-hydrogen) atoms. The smallest absolute Gasteiger partial charge is 0.322 e. The molecular formula is C26H28N4O5. The van der Waals surface area contributed by atoms with Crippen LogP contribution in [-0.2, 0) is 0 Å². The molecule has 1 atom stereocenters. The number of carbonyl (C=O) groups excluding carboxylic acids is 1. The molecule has 182 valence electrons. The van der Waals surface area contributed by atoms with Gasteiger partial charge in [0.1, 0.15) is 5.75 Å². The van der Waals surface area contributed by atoms with Gasteiger partial charge in [0.15, 0.2) is 11.5 Å². The highest BCUT2D eigenvalue weighted by molar-refractivity contribution is 5.87. The van der Waals surface area contributed by atoms with Gasteiger partial charge in [0.25, 0.3) is 5.89 Å². The number of amides is 2. The summed E-state index contributed by atoms with van der Waals surface area (Å²) in [6.07, 6.45) is 1.67. The Kier molecular flexibility index (Phi) is 7.05. The fourth-order valence-corrected chi connectivity index (χ4v) is 4.01. The molecule has 2 aromatic carbocycles.